The van der Waals surface area contributed by atoms with Crippen LogP contribution in [-0.4, -0.2) is 38.3 Å². The van der Waals surface area contributed by atoms with Crippen LogP contribution in [0.15, 0.2) is 0 Å². The summed E-state index contributed by atoms with van der Waals surface area (Å²) in [4.78, 5) is 0. The van der Waals surface area contributed by atoms with Gasteiger partial charge in [0.15, 0.2) is 0 Å². The topological polar surface area (TPSA) is 21.3 Å². The molecule has 0 radical (unpaired) electrons. The van der Waals surface area contributed by atoms with Crippen LogP contribution in [0.25, 0.3) is 0 Å². The summed E-state index contributed by atoms with van der Waals surface area (Å²) in [7, 11) is 1.74. The molecule has 14 heavy (non-hydrogen) atoms. The summed E-state index contributed by atoms with van der Waals surface area (Å²) in [5.74, 6) is 3.45. The monoisotopic (exact) mass is 219 g/mol. The van der Waals surface area contributed by atoms with E-state index in [9.17, 15) is 0 Å². The lowest BCUT2D eigenvalue weighted by Gasteiger charge is -2.05. The van der Waals surface area contributed by atoms with Crippen molar-refractivity contribution >= 4 is 11.8 Å². The maximum Gasteiger partial charge on any atom is 0.0587 e. The molecule has 2 nitrogen and oxygen atoms in total. The van der Waals surface area contributed by atoms with Crippen molar-refractivity contribution in [1.29, 1.82) is 0 Å². The van der Waals surface area contributed by atoms with Crippen LogP contribution in [-0.2, 0) is 4.74 Å². The van der Waals surface area contributed by atoms with Gasteiger partial charge in [0.2, 0.25) is 0 Å². The molecule has 0 unspecified atom stereocenters. The number of unbranched alkanes of at least 4 members (excludes halogenated alkanes) is 1. The standard InChI is InChI=1S/C11H25NOS/c1-11(2)10-14-9-5-4-6-12-7-8-13-3/h11-12H,4-10H2,1-3H3. The molecular formula is C11H25NOS. The highest BCUT2D eigenvalue weighted by atomic mass is 32.2. The molecular weight excluding hydrogens is 194 g/mol. The molecule has 0 aromatic carbocycles. The zero-order chi connectivity index (χ0) is 10.6. The van der Waals surface area contributed by atoms with Gasteiger partial charge in [0.05, 0.1) is 6.61 Å². The third-order valence-corrected chi connectivity index (χ3v) is 3.31. The molecule has 0 amide bonds. The molecule has 0 aliphatic rings. The van der Waals surface area contributed by atoms with Gasteiger partial charge in [0, 0.05) is 13.7 Å². The molecule has 0 aliphatic carbocycles. The van der Waals surface area contributed by atoms with E-state index in [4.69, 9.17) is 4.74 Å². The third kappa shape index (κ3) is 12.3. The van der Waals surface area contributed by atoms with E-state index in [-0.39, 0.29) is 0 Å². The van der Waals surface area contributed by atoms with Crippen molar-refractivity contribution < 1.29 is 4.74 Å². The van der Waals surface area contributed by atoms with E-state index < -0.39 is 0 Å². The Morgan fingerprint density at radius 2 is 2.00 bits per heavy atom. The zero-order valence-corrected chi connectivity index (χ0v) is 10.7. The van der Waals surface area contributed by atoms with E-state index in [0.29, 0.717) is 0 Å². The Morgan fingerprint density at radius 1 is 1.21 bits per heavy atom. The van der Waals surface area contributed by atoms with E-state index in [1.165, 1.54) is 24.3 Å². The molecule has 86 valence electrons. The normalized spacial score (nSPS) is 11.1. The quantitative estimate of drug-likeness (QED) is 0.570. The van der Waals surface area contributed by atoms with Gasteiger partial charge in [-0.1, -0.05) is 13.8 Å². The predicted octanol–water partition coefficient (Wildman–Crippen LogP) is 2.39. The van der Waals surface area contributed by atoms with Gasteiger partial charge in [0.25, 0.3) is 0 Å². The van der Waals surface area contributed by atoms with Gasteiger partial charge in [-0.05, 0) is 36.8 Å². The fraction of sp³-hybridized carbons (Fsp3) is 1.00. The number of ether oxygens (including phenoxy) is 1. The Morgan fingerprint density at radius 3 is 2.64 bits per heavy atom. The lowest BCUT2D eigenvalue weighted by atomic mass is 10.3. The largest absolute Gasteiger partial charge is 0.383 e. The van der Waals surface area contributed by atoms with Crippen LogP contribution in [0.5, 0.6) is 0 Å². The van der Waals surface area contributed by atoms with Gasteiger partial charge >= 0.3 is 0 Å². The smallest absolute Gasteiger partial charge is 0.0587 e. The van der Waals surface area contributed by atoms with Gasteiger partial charge in [0.1, 0.15) is 0 Å². The highest BCUT2D eigenvalue weighted by Crippen LogP contribution is 2.09. The average Bonchev–Trinajstić information content (AvgIpc) is 2.15. The van der Waals surface area contributed by atoms with Gasteiger partial charge in [-0.15, -0.1) is 0 Å². The van der Waals surface area contributed by atoms with Crippen LogP contribution < -0.4 is 5.32 Å². The summed E-state index contributed by atoms with van der Waals surface area (Å²) in [5, 5.41) is 3.35. The summed E-state index contributed by atoms with van der Waals surface area (Å²) in [5.41, 5.74) is 0. The first-order valence-electron chi connectivity index (χ1n) is 5.54. The van der Waals surface area contributed by atoms with Crippen molar-refractivity contribution in [3.63, 3.8) is 0 Å². The summed E-state index contributed by atoms with van der Waals surface area (Å²) >= 11 is 2.08. The molecule has 0 saturated carbocycles. The van der Waals surface area contributed by atoms with Crippen molar-refractivity contribution in [2.75, 3.05) is 38.3 Å². The number of rotatable bonds is 10. The summed E-state index contributed by atoms with van der Waals surface area (Å²) < 4.78 is 4.95. The highest BCUT2D eigenvalue weighted by Gasteiger charge is 1.94. The van der Waals surface area contributed by atoms with Gasteiger partial charge in [-0.25, -0.2) is 0 Å². The predicted molar refractivity (Wildman–Crippen MR) is 66.1 cm³/mol. The Balaban J connectivity index is 2.85. The maximum absolute atomic E-state index is 4.95. The van der Waals surface area contributed by atoms with Crippen molar-refractivity contribution in [3.05, 3.63) is 0 Å². The molecule has 0 aromatic rings. The van der Waals surface area contributed by atoms with Crippen LogP contribution in [0.4, 0.5) is 0 Å². The van der Waals surface area contributed by atoms with Crippen molar-refractivity contribution in [2.45, 2.75) is 26.7 Å². The second kappa shape index (κ2) is 11.3. The molecule has 0 aliphatic heterocycles. The lowest BCUT2D eigenvalue weighted by molar-refractivity contribution is 0.199. The molecule has 0 fully saturated rings. The Kier molecular flexibility index (Phi) is 11.6. The minimum atomic E-state index is 0.822. The molecule has 0 atom stereocenters. The van der Waals surface area contributed by atoms with Crippen LogP contribution in [0.2, 0.25) is 0 Å². The number of thioether (sulfide) groups is 1. The van der Waals surface area contributed by atoms with Crippen LogP contribution in [0, 0.1) is 5.92 Å². The molecule has 0 spiro atoms. The van der Waals surface area contributed by atoms with Crippen LogP contribution >= 0.6 is 11.8 Å². The first kappa shape index (κ1) is 14.3. The first-order chi connectivity index (χ1) is 6.77. The van der Waals surface area contributed by atoms with E-state index in [2.05, 4.69) is 30.9 Å². The Labute approximate surface area is 93.2 Å². The van der Waals surface area contributed by atoms with E-state index in [1.807, 2.05) is 0 Å². The van der Waals surface area contributed by atoms with Crippen molar-refractivity contribution in [1.82, 2.24) is 5.32 Å². The second-order valence-corrected chi connectivity index (χ2v) is 5.07. The fourth-order valence-electron chi connectivity index (χ4n) is 1.07. The summed E-state index contributed by atoms with van der Waals surface area (Å²) in [6.45, 7) is 7.49. The van der Waals surface area contributed by atoms with E-state index >= 15 is 0 Å². The highest BCUT2D eigenvalue weighted by molar-refractivity contribution is 7.99. The lowest BCUT2D eigenvalue weighted by Crippen LogP contribution is -2.20. The molecule has 0 heterocycles. The minimum Gasteiger partial charge on any atom is -0.383 e. The number of methoxy groups -OCH3 is 1. The number of nitrogens with one attached hydrogen (secondary N) is 1. The molecule has 0 rings (SSSR count). The van der Waals surface area contributed by atoms with E-state index in [0.717, 1.165) is 25.6 Å². The van der Waals surface area contributed by atoms with Crippen molar-refractivity contribution in [3.8, 4) is 0 Å². The molecule has 0 aromatic heterocycles. The van der Waals surface area contributed by atoms with Gasteiger partial charge in [-0.3, -0.25) is 0 Å². The van der Waals surface area contributed by atoms with Crippen LogP contribution in [0.3, 0.4) is 0 Å². The number of hydrogen-bond donors (Lipinski definition) is 1. The maximum atomic E-state index is 4.95. The van der Waals surface area contributed by atoms with Gasteiger partial charge < -0.3 is 10.1 Å². The zero-order valence-electron chi connectivity index (χ0n) is 9.84. The summed E-state index contributed by atoms with van der Waals surface area (Å²) in [6, 6.07) is 0. The van der Waals surface area contributed by atoms with Crippen molar-refractivity contribution in [2.24, 2.45) is 5.92 Å². The first-order valence-corrected chi connectivity index (χ1v) is 6.70. The van der Waals surface area contributed by atoms with Crippen LogP contribution in [0.1, 0.15) is 26.7 Å². The third-order valence-electron chi connectivity index (χ3n) is 1.83. The molecule has 0 saturated heterocycles. The summed E-state index contributed by atoms with van der Waals surface area (Å²) in [6.07, 6.45) is 2.62. The average molecular weight is 219 g/mol. The molecule has 3 heteroatoms. The minimum absolute atomic E-state index is 0.822. The molecule has 0 bridgehead atoms. The van der Waals surface area contributed by atoms with Gasteiger partial charge in [-0.2, -0.15) is 11.8 Å². The fourth-order valence-corrected chi connectivity index (χ4v) is 2.12. The number of hydrogen-bond acceptors (Lipinski definition) is 3. The molecule has 1 N–H and O–H groups in total. The second-order valence-electron chi connectivity index (χ2n) is 3.92. The Hall–Kier alpha value is 0.270. The van der Waals surface area contributed by atoms with E-state index in [1.54, 1.807) is 7.11 Å². The SMILES string of the molecule is COCCNCCCCSCC(C)C. The Bertz CT molecular complexity index is 109.